The van der Waals surface area contributed by atoms with E-state index in [4.69, 9.17) is 4.74 Å². The van der Waals surface area contributed by atoms with Gasteiger partial charge in [0.25, 0.3) is 11.8 Å². The Balaban J connectivity index is 1.37. The summed E-state index contributed by atoms with van der Waals surface area (Å²) in [6.45, 7) is 1.96. The number of nitrogens with one attached hydrogen (secondary N) is 1. The molecule has 1 aliphatic carbocycles. The maximum Gasteiger partial charge on any atom is 0.270 e. The summed E-state index contributed by atoms with van der Waals surface area (Å²) in [4.78, 5) is 27.1. The van der Waals surface area contributed by atoms with Crippen molar-refractivity contribution >= 4 is 11.8 Å². The number of rotatable bonds is 6. The third-order valence-corrected chi connectivity index (χ3v) is 5.49. The number of carbonyl (C=O) groups is 2. The summed E-state index contributed by atoms with van der Waals surface area (Å²) in [6, 6.07) is 11.5. The third-order valence-electron chi connectivity index (χ3n) is 5.49. The largest absolute Gasteiger partial charge is 0.492 e. The predicted molar refractivity (Wildman–Crippen MR) is 106 cm³/mol. The van der Waals surface area contributed by atoms with Crippen LogP contribution in [-0.2, 0) is 7.05 Å². The van der Waals surface area contributed by atoms with E-state index in [2.05, 4.69) is 5.32 Å². The van der Waals surface area contributed by atoms with E-state index in [1.54, 1.807) is 6.07 Å². The lowest BCUT2D eigenvalue weighted by Crippen LogP contribution is -2.42. The van der Waals surface area contributed by atoms with Gasteiger partial charge in [-0.2, -0.15) is 0 Å². The van der Waals surface area contributed by atoms with Crippen LogP contribution in [0.2, 0.25) is 0 Å². The zero-order valence-corrected chi connectivity index (χ0v) is 16.3. The topological polar surface area (TPSA) is 63.6 Å². The average Bonchev–Trinajstić information content (AvgIpc) is 3.43. The molecule has 2 aliphatic rings. The lowest BCUT2D eigenvalue weighted by Gasteiger charge is -2.32. The smallest absolute Gasteiger partial charge is 0.270 e. The number of hydrogen-bond donors (Lipinski definition) is 1. The molecular formula is C22H27N3O3. The highest BCUT2D eigenvalue weighted by Gasteiger charge is 2.27. The molecule has 0 spiro atoms. The number of hydrogen-bond acceptors (Lipinski definition) is 3. The van der Waals surface area contributed by atoms with Crippen molar-refractivity contribution in [3.63, 3.8) is 0 Å². The van der Waals surface area contributed by atoms with Crippen LogP contribution in [0.25, 0.3) is 0 Å². The molecule has 1 aromatic heterocycles. The van der Waals surface area contributed by atoms with Crippen molar-refractivity contribution in [2.24, 2.45) is 13.0 Å². The highest BCUT2D eigenvalue weighted by molar-refractivity contribution is 5.97. The van der Waals surface area contributed by atoms with E-state index in [0.717, 1.165) is 32.2 Å². The molecule has 28 heavy (non-hydrogen) atoms. The molecule has 0 radical (unpaired) electrons. The SMILES string of the molecule is Cn1cccc1C(=O)N1CCCC(COc2ccccc2C(=O)NC2CC2)C1. The van der Waals surface area contributed by atoms with E-state index < -0.39 is 0 Å². The Morgan fingerprint density at radius 2 is 1.96 bits per heavy atom. The van der Waals surface area contributed by atoms with Crippen molar-refractivity contribution in [3.8, 4) is 5.75 Å². The first kappa shape index (κ1) is 18.6. The Bertz CT molecular complexity index is 856. The van der Waals surface area contributed by atoms with Crippen LogP contribution in [0.5, 0.6) is 5.75 Å². The summed E-state index contributed by atoms with van der Waals surface area (Å²) in [5.74, 6) is 0.882. The molecule has 148 valence electrons. The van der Waals surface area contributed by atoms with Crippen molar-refractivity contribution < 1.29 is 14.3 Å². The molecule has 0 bridgehead atoms. The molecule has 1 saturated heterocycles. The van der Waals surface area contributed by atoms with Crippen LogP contribution in [0.3, 0.4) is 0 Å². The van der Waals surface area contributed by atoms with Crippen LogP contribution < -0.4 is 10.1 Å². The molecular weight excluding hydrogens is 354 g/mol. The minimum atomic E-state index is -0.0674. The van der Waals surface area contributed by atoms with Gasteiger partial charge >= 0.3 is 0 Å². The number of carbonyl (C=O) groups excluding carboxylic acids is 2. The number of aryl methyl sites for hydroxylation is 1. The zero-order valence-electron chi connectivity index (χ0n) is 16.3. The van der Waals surface area contributed by atoms with Crippen molar-refractivity contribution in [2.45, 2.75) is 31.7 Å². The summed E-state index contributed by atoms with van der Waals surface area (Å²) < 4.78 is 7.90. The van der Waals surface area contributed by atoms with Crippen LogP contribution in [0.15, 0.2) is 42.6 Å². The molecule has 1 saturated carbocycles. The first-order valence-corrected chi connectivity index (χ1v) is 10.0. The van der Waals surface area contributed by atoms with E-state index in [9.17, 15) is 9.59 Å². The summed E-state index contributed by atoms with van der Waals surface area (Å²) >= 11 is 0. The fraction of sp³-hybridized carbons (Fsp3) is 0.455. The standard InChI is InChI=1S/C22H27N3O3/c1-24-12-5-8-19(24)22(27)25-13-4-6-16(14-25)15-28-20-9-3-2-7-18(20)21(26)23-17-10-11-17/h2-3,5,7-9,12,16-17H,4,6,10-11,13-15H2,1H3,(H,23,26). The third kappa shape index (κ3) is 4.21. The van der Waals surface area contributed by atoms with Gasteiger partial charge in [0.05, 0.1) is 12.2 Å². The zero-order chi connectivity index (χ0) is 19.5. The van der Waals surface area contributed by atoms with Gasteiger partial charge in [0.15, 0.2) is 0 Å². The van der Waals surface area contributed by atoms with E-state index in [0.29, 0.717) is 36.2 Å². The molecule has 4 rings (SSSR count). The summed E-state index contributed by atoms with van der Waals surface area (Å²) in [5.41, 5.74) is 1.30. The van der Waals surface area contributed by atoms with Crippen LogP contribution in [0.4, 0.5) is 0 Å². The number of ether oxygens (including phenoxy) is 1. The maximum absolute atomic E-state index is 12.8. The summed E-state index contributed by atoms with van der Waals surface area (Å²) in [5, 5.41) is 3.02. The van der Waals surface area contributed by atoms with Gasteiger partial charge in [0.2, 0.25) is 0 Å². The van der Waals surface area contributed by atoms with E-state index in [1.807, 2.05) is 53.0 Å². The van der Waals surface area contributed by atoms with Gasteiger partial charge in [-0.3, -0.25) is 9.59 Å². The molecule has 1 aliphatic heterocycles. The van der Waals surface area contributed by atoms with E-state index in [1.165, 1.54) is 0 Å². The second-order valence-corrected chi connectivity index (χ2v) is 7.82. The van der Waals surface area contributed by atoms with Gasteiger partial charge in [-0.15, -0.1) is 0 Å². The van der Waals surface area contributed by atoms with Gasteiger partial charge in [-0.25, -0.2) is 0 Å². The Kier molecular flexibility index (Phi) is 5.37. The van der Waals surface area contributed by atoms with Gasteiger partial charge in [-0.05, 0) is 49.9 Å². The summed E-state index contributed by atoms with van der Waals surface area (Å²) in [6.07, 6.45) is 5.99. The van der Waals surface area contributed by atoms with Crippen LogP contribution in [0.1, 0.15) is 46.5 Å². The lowest BCUT2D eigenvalue weighted by atomic mass is 9.98. The van der Waals surface area contributed by atoms with Gasteiger partial charge < -0.3 is 19.5 Å². The summed E-state index contributed by atoms with van der Waals surface area (Å²) in [7, 11) is 1.89. The van der Waals surface area contributed by atoms with Crippen LogP contribution >= 0.6 is 0 Å². The van der Waals surface area contributed by atoms with Crippen LogP contribution in [-0.4, -0.2) is 47.0 Å². The molecule has 2 amide bonds. The molecule has 2 fully saturated rings. The molecule has 1 atom stereocenters. The number of benzene rings is 1. The maximum atomic E-state index is 12.8. The van der Waals surface area contributed by atoms with Gasteiger partial charge in [0.1, 0.15) is 11.4 Å². The number of likely N-dealkylation sites (tertiary alicyclic amines) is 1. The molecule has 1 unspecified atom stereocenters. The Morgan fingerprint density at radius 1 is 1.14 bits per heavy atom. The monoisotopic (exact) mass is 381 g/mol. The molecule has 2 heterocycles. The lowest BCUT2D eigenvalue weighted by molar-refractivity contribution is 0.0623. The van der Waals surface area contributed by atoms with E-state index >= 15 is 0 Å². The number of nitrogens with zero attached hydrogens (tertiary/aromatic N) is 2. The number of piperidine rings is 1. The fourth-order valence-electron chi connectivity index (χ4n) is 3.71. The predicted octanol–water partition coefficient (Wildman–Crippen LogP) is 2.85. The van der Waals surface area contributed by atoms with Crippen LogP contribution in [0, 0.1) is 5.92 Å². The normalized spacial score (nSPS) is 19.3. The quantitative estimate of drug-likeness (QED) is 0.837. The number of aromatic nitrogens is 1. The number of para-hydroxylation sites is 1. The Labute approximate surface area is 165 Å². The van der Waals surface area contributed by atoms with Crippen molar-refractivity contribution in [2.75, 3.05) is 19.7 Å². The molecule has 6 heteroatoms. The Hall–Kier alpha value is -2.76. The highest BCUT2D eigenvalue weighted by atomic mass is 16.5. The van der Waals surface area contributed by atoms with Gasteiger partial charge in [0, 0.05) is 38.3 Å². The minimum Gasteiger partial charge on any atom is -0.492 e. The second-order valence-electron chi connectivity index (χ2n) is 7.82. The van der Waals surface area contributed by atoms with Crippen molar-refractivity contribution in [3.05, 3.63) is 53.9 Å². The van der Waals surface area contributed by atoms with E-state index in [-0.39, 0.29) is 17.7 Å². The minimum absolute atomic E-state index is 0.0674. The fourth-order valence-corrected chi connectivity index (χ4v) is 3.71. The highest BCUT2D eigenvalue weighted by Crippen LogP contribution is 2.25. The van der Waals surface area contributed by atoms with Gasteiger partial charge in [-0.1, -0.05) is 12.1 Å². The van der Waals surface area contributed by atoms with Crippen molar-refractivity contribution in [1.82, 2.24) is 14.8 Å². The molecule has 1 N–H and O–H groups in total. The first-order valence-electron chi connectivity index (χ1n) is 10.0. The second kappa shape index (κ2) is 8.09. The Morgan fingerprint density at radius 3 is 2.71 bits per heavy atom. The molecule has 6 nitrogen and oxygen atoms in total. The first-order chi connectivity index (χ1) is 13.6. The molecule has 2 aromatic rings. The van der Waals surface area contributed by atoms with Crippen molar-refractivity contribution in [1.29, 1.82) is 0 Å². The average molecular weight is 381 g/mol. The number of amides is 2. The molecule has 1 aromatic carbocycles.